The maximum absolute atomic E-state index is 11.9. The number of rotatable bonds is 6. The number of carbonyl (C=O) groups is 1. The van der Waals surface area contributed by atoms with Crippen molar-refractivity contribution in [1.82, 2.24) is 5.32 Å². The van der Waals surface area contributed by atoms with E-state index in [2.05, 4.69) is 16.7 Å². The predicted molar refractivity (Wildman–Crippen MR) is 96.9 cm³/mol. The minimum Gasteiger partial charge on any atom is -0.338 e. The second kappa shape index (κ2) is 7.97. The van der Waals surface area contributed by atoms with Crippen molar-refractivity contribution in [3.63, 3.8) is 0 Å². The van der Waals surface area contributed by atoms with Crippen molar-refractivity contribution in [2.45, 2.75) is 19.1 Å². The van der Waals surface area contributed by atoms with Crippen LogP contribution < -0.4 is 10.6 Å². The Morgan fingerprint density at radius 3 is 2.38 bits per heavy atom. The third kappa shape index (κ3) is 6.42. The van der Waals surface area contributed by atoms with E-state index in [1.807, 2.05) is 25.1 Å². The highest BCUT2D eigenvalue weighted by Gasteiger charge is 2.05. The summed E-state index contributed by atoms with van der Waals surface area (Å²) in [6.07, 6.45) is 1.96. The van der Waals surface area contributed by atoms with Gasteiger partial charge in [-0.25, -0.2) is 13.2 Å². The normalized spacial score (nSPS) is 11.1. The minimum atomic E-state index is -3.05. The van der Waals surface area contributed by atoms with Crippen LogP contribution >= 0.6 is 0 Å². The number of sulfone groups is 1. The molecule has 0 fully saturated rings. The van der Waals surface area contributed by atoms with Crippen LogP contribution in [-0.2, 0) is 22.0 Å². The highest BCUT2D eigenvalue weighted by atomic mass is 32.2. The Morgan fingerprint density at radius 1 is 1.04 bits per heavy atom. The topological polar surface area (TPSA) is 75.3 Å². The highest BCUT2D eigenvalue weighted by Crippen LogP contribution is 2.11. The molecule has 0 bridgehead atoms. The van der Waals surface area contributed by atoms with E-state index >= 15 is 0 Å². The average Bonchev–Trinajstić information content (AvgIpc) is 2.48. The summed E-state index contributed by atoms with van der Waals surface area (Å²) in [4.78, 5) is 11.9. The van der Waals surface area contributed by atoms with Crippen molar-refractivity contribution >= 4 is 21.6 Å². The molecular formula is C18H22N2O3S. The average molecular weight is 346 g/mol. The van der Waals surface area contributed by atoms with Crippen LogP contribution in [0, 0.1) is 6.92 Å². The van der Waals surface area contributed by atoms with Crippen molar-refractivity contribution in [2.24, 2.45) is 0 Å². The molecule has 2 aromatic rings. The van der Waals surface area contributed by atoms with E-state index in [1.54, 1.807) is 24.3 Å². The lowest BCUT2D eigenvalue weighted by molar-refractivity contribution is 0.252. The molecule has 0 atom stereocenters. The summed E-state index contributed by atoms with van der Waals surface area (Å²) < 4.78 is 22.5. The molecule has 6 heteroatoms. The van der Waals surface area contributed by atoms with Gasteiger partial charge in [0.25, 0.3) is 0 Å². The number of hydrogen-bond acceptors (Lipinski definition) is 3. The smallest absolute Gasteiger partial charge is 0.319 e. The molecule has 0 unspecified atom stereocenters. The number of benzene rings is 2. The molecule has 0 spiro atoms. The van der Waals surface area contributed by atoms with Crippen LogP contribution in [0.15, 0.2) is 48.5 Å². The third-order valence-electron chi connectivity index (χ3n) is 3.42. The lowest BCUT2D eigenvalue weighted by Gasteiger charge is -2.09. The quantitative estimate of drug-likeness (QED) is 0.844. The van der Waals surface area contributed by atoms with Gasteiger partial charge in [0.2, 0.25) is 0 Å². The van der Waals surface area contributed by atoms with Gasteiger partial charge in [0.15, 0.2) is 9.84 Å². The molecule has 2 aromatic carbocycles. The van der Waals surface area contributed by atoms with Crippen LogP contribution in [-0.4, -0.2) is 27.2 Å². The van der Waals surface area contributed by atoms with Gasteiger partial charge >= 0.3 is 6.03 Å². The van der Waals surface area contributed by atoms with E-state index in [9.17, 15) is 13.2 Å². The van der Waals surface area contributed by atoms with Crippen LogP contribution in [0.5, 0.6) is 0 Å². The van der Waals surface area contributed by atoms with E-state index in [-0.39, 0.29) is 11.8 Å². The molecule has 0 saturated heterocycles. The Labute approximate surface area is 143 Å². The molecule has 5 nitrogen and oxygen atoms in total. The second-order valence-electron chi connectivity index (χ2n) is 5.89. The molecule has 0 radical (unpaired) electrons. The fraction of sp³-hybridized carbons (Fsp3) is 0.278. The van der Waals surface area contributed by atoms with Crippen molar-refractivity contribution in [3.05, 3.63) is 65.2 Å². The number of hydrogen-bond donors (Lipinski definition) is 2. The molecule has 0 aliphatic heterocycles. The summed E-state index contributed by atoms with van der Waals surface area (Å²) in [5.41, 5.74) is 3.70. The molecule has 2 amide bonds. The number of amides is 2. The maximum atomic E-state index is 11.9. The van der Waals surface area contributed by atoms with Gasteiger partial charge in [-0.15, -0.1) is 0 Å². The van der Waals surface area contributed by atoms with E-state index in [1.165, 1.54) is 17.4 Å². The van der Waals surface area contributed by atoms with Gasteiger partial charge in [-0.2, -0.15) is 0 Å². The monoisotopic (exact) mass is 346 g/mol. The Bertz CT molecular complexity index is 799. The molecule has 0 aromatic heterocycles. The van der Waals surface area contributed by atoms with E-state index in [4.69, 9.17) is 0 Å². The van der Waals surface area contributed by atoms with Gasteiger partial charge in [0, 0.05) is 18.5 Å². The minimum absolute atomic E-state index is 0.00400. The summed E-state index contributed by atoms with van der Waals surface area (Å²) in [6, 6.07) is 14.7. The highest BCUT2D eigenvalue weighted by molar-refractivity contribution is 7.89. The van der Waals surface area contributed by atoms with Crippen LogP contribution in [0.1, 0.15) is 16.7 Å². The summed E-state index contributed by atoms with van der Waals surface area (Å²) in [7, 11) is -3.05. The summed E-state index contributed by atoms with van der Waals surface area (Å²) in [6.45, 7) is 2.58. The molecule has 0 heterocycles. The second-order valence-corrected chi connectivity index (χ2v) is 8.03. The van der Waals surface area contributed by atoms with Crippen LogP contribution in [0.2, 0.25) is 0 Å². The van der Waals surface area contributed by atoms with Crippen molar-refractivity contribution in [2.75, 3.05) is 18.1 Å². The zero-order valence-corrected chi connectivity index (χ0v) is 14.7. The fourth-order valence-corrected chi connectivity index (χ4v) is 3.15. The zero-order chi connectivity index (χ0) is 17.6. The van der Waals surface area contributed by atoms with E-state index in [0.717, 1.165) is 6.42 Å². The molecule has 2 N–H and O–H groups in total. The standard InChI is InChI=1S/C18H22N2O3S/c1-14-4-3-5-15(12-14)10-11-19-18(21)20-17-8-6-16(7-9-17)13-24(2,22)23/h3-9,12H,10-11,13H2,1-2H3,(H2,19,20,21). The molecule has 24 heavy (non-hydrogen) atoms. The van der Waals surface area contributed by atoms with Gasteiger partial charge in [-0.1, -0.05) is 42.0 Å². The van der Waals surface area contributed by atoms with Crippen LogP contribution in [0.25, 0.3) is 0 Å². The van der Waals surface area contributed by atoms with Gasteiger partial charge in [0.05, 0.1) is 5.75 Å². The van der Waals surface area contributed by atoms with Gasteiger partial charge < -0.3 is 10.6 Å². The van der Waals surface area contributed by atoms with Crippen molar-refractivity contribution < 1.29 is 13.2 Å². The third-order valence-corrected chi connectivity index (χ3v) is 4.28. The zero-order valence-electron chi connectivity index (χ0n) is 13.9. The van der Waals surface area contributed by atoms with Crippen LogP contribution in [0.4, 0.5) is 10.5 Å². The number of urea groups is 1. The molecule has 0 aliphatic rings. The van der Waals surface area contributed by atoms with Crippen molar-refractivity contribution in [3.8, 4) is 0 Å². The number of carbonyl (C=O) groups excluding carboxylic acids is 1. The molecule has 0 aliphatic carbocycles. The van der Waals surface area contributed by atoms with Gasteiger partial charge in [-0.3, -0.25) is 0 Å². The first-order chi connectivity index (χ1) is 11.3. The maximum Gasteiger partial charge on any atom is 0.319 e. The number of nitrogens with one attached hydrogen (secondary N) is 2. The summed E-state index contributed by atoms with van der Waals surface area (Å²) in [5, 5.41) is 5.54. The summed E-state index contributed by atoms with van der Waals surface area (Å²) in [5.74, 6) is -0.00400. The van der Waals surface area contributed by atoms with E-state index < -0.39 is 9.84 Å². The SMILES string of the molecule is Cc1cccc(CCNC(=O)Nc2ccc(CS(C)(=O)=O)cc2)c1. The Kier molecular flexibility index (Phi) is 5.98. The lowest BCUT2D eigenvalue weighted by Crippen LogP contribution is -2.30. The molecular weight excluding hydrogens is 324 g/mol. The molecule has 2 rings (SSSR count). The number of aryl methyl sites for hydroxylation is 1. The lowest BCUT2D eigenvalue weighted by atomic mass is 10.1. The number of anilines is 1. The molecule has 0 saturated carbocycles. The first kappa shape index (κ1) is 18.0. The Hall–Kier alpha value is -2.34. The summed E-state index contributed by atoms with van der Waals surface area (Å²) >= 11 is 0. The van der Waals surface area contributed by atoms with Crippen molar-refractivity contribution in [1.29, 1.82) is 0 Å². The molecule has 128 valence electrons. The van der Waals surface area contributed by atoms with E-state index in [0.29, 0.717) is 17.8 Å². The first-order valence-electron chi connectivity index (χ1n) is 7.69. The fourth-order valence-electron chi connectivity index (χ4n) is 2.35. The Morgan fingerprint density at radius 2 is 1.75 bits per heavy atom. The largest absolute Gasteiger partial charge is 0.338 e. The van der Waals surface area contributed by atoms with Gasteiger partial charge in [-0.05, 0) is 36.6 Å². The first-order valence-corrected chi connectivity index (χ1v) is 9.75. The predicted octanol–water partition coefficient (Wildman–Crippen LogP) is 2.90. The van der Waals surface area contributed by atoms with Gasteiger partial charge in [0.1, 0.15) is 0 Å². The Balaban J connectivity index is 1.79. The van der Waals surface area contributed by atoms with Crippen LogP contribution in [0.3, 0.4) is 0 Å².